The minimum atomic E-state index is -1.27. The highest BCUT2D eigenvalue weighted by Gasteiger charge is 2.41. The number of nitro groups is 1. The summed E-state index contributed by atoms with van der Waals surface area (Å²) in [6.07, 6.45) is 2.95. The third kappa shape index (κ3) is 3.07. The van der Waals surface area contributed by atoms with Gasteiger partial charge in [0.2, 0.25) is 0 Å². The Labute approximate surface area is 129 Å². The molecule has 3 rings (SSSR count). The molecule has 8 heteroatoms. The van der Waals surface area contributed by atoms with E-state index >= 15 is 0 Å². The van der Waals surface area contributed by atoms with Crippen LogP contribution in [-0.4, -0.2) is 26.3 Å². The minimum Gasteiger partial charge on any atom is -0.616 e. The first-order valence-electron chi connectivity index (χ1n) is 7.11. The van der Waals surface area contributed by atoms with Crippen LogP contribution in [0, 0.1) is 27.3 Å². The monoisotopic (exact) mass is 325 g/mol. The van der Waals surface area contributed by atoms with Crippen LogP contribution in [0.4, 0.5) is 10.1 Å². The average Bonchev–Trinajstić information content (AvgIpc) is 3.27. The lowest BCUT2D eigenvalue weighted by molar-refractivity contribution is -0.385. The van der Waals surface area contributed by atoms with Crippen molar-refractivity contribution in [2.75, 3.05) is 5.75 Å². The normalized spacial score (nSPS) is 28.3. The van der Waals surface area contributed by atoms with E-state index in [1.807, 2.05) is 0 Å². The molecule has 0 bridgehead atoms. The molecule has 6 nitrogen and oxygen atoms in total. The summed E-state index contributed by atoms with van der Waals surface area (Å²) >= 11 is -1.27. The molecule has 2 aliphatic rings. The van der Waals surface area contributed by atoms with Gasteiger partial charge in [0.15, 0.2) is 5.25 Å². The summed E-state index contributed by atoms with van der Waals surface area (Å²) in [4.78, 5) is 10.2. The van der Waals surface area contributed by atoms with E-state index < -0.39 is 28.0 Å². The van der Waals surface area contributed by atoms with E-state index in [9.17, 15) is 19.1 Å². The van der Waals surface area contributed by atoms with Crippen molar-refractivity contribution < 1.29 is 13.9 Å². The van der Waals surface area contributed by atoms with Gasteiger partial charge in [0.25, 0.3) is 5.69 Å². The Hall–Kier alpha value is -1.67. The van der Waals surface area contributed by atoms with Gasteiger partial charge in [-0.15, -0.1) is 0 Å². The van der Waals surface area contributed by atoms with Crippen molar-refractivity contribution in [3.63, 3.8) is 0 Å². The van der Waals surface area contributed by atoms with Crippen LogP contribution in [0.15, 0.2) is 18.2 Å². The smallest absolute Gasteiger partial charge is 0.269 e. The van der Waals surface area contributed by atoms with Gasteiger partial charge in [-0.25, -0.2) is 4.39 Å². The molecule has 0 spiro atoms. The predicted molar refractivity (Wildman–Crippen MR) is 80.8 cm³/mol. The largest absolute Gasteiger partial charge is 0.616 e. The molecule has 0 aromatic heterocycles. The number of rotatable bonds is 4. The number of nitrogens with one attached hydrogen (secondary N) is 2. The van der Waals surface area contributed by atoms with Crippen molar-refractivity contribution in [3.05, 3.63) is 39.7 Å². The molecule has 2 fully saturated rings. The first kappa shape index (κ1) is 15.2. The number of hydrogen-bond acceptors (Lipinski definition) is 4. The topological polar surface area (TPSA) is 102 Å². The van der Waals surface area contributed by atoms with Crippen LogP contribution in [0.3, 0.4) is 0 Å². The number of amidine groups is 1. The summed E-state index contributed by atoms with van der Waals surface area (Å²) in [5, 5.41) is 21.4. The zero-order valence-corrected chi connectivity index (χ0v) is 12.6. The van der Waals surface area contributed by atoms with Crippen molar-refractivity contribution in [2.24, 2.45) is 5.92 Å². The van der Waals surface area contributed by atoms with Gasteiger partial charge in [0, 0.05) is 24.1 Å². The van der Waals surface area contributed by atoms with E-state index in [-0.39, 0.29) is 28.1 Å². The predicted octanol–water partition coefficient (Wildman–Crippen LogP) is 2.27. The van der Waals surface area contributed by atoms with E-state index in [1.165, 1.54) is 0 Å². The Morgan fingerprint density at radius 3 is 2.77 bits per heavy atom. The van der Waals surface area contributed by atoms with E-state index in [0.29, 0.717) is 5.92 Å². The summed E-state index contributed by atoms with van der Waals surface area (Å²) in [6.45, 7) is 0. The highest BCUT2D eigenvalue weighted by atomic mass is 32.2. The van der Waals surface area contributed by atoms with Gasteiger partial charge in [-0.1, -0.05) is 0 Å². The van der Waals surface area contributed by atoms with Crippen molar-refractivity contribution in [1.82, 2.24) is 5.32 Å². The molecule has 1 saturated carbocycles. The molecule has 1 saturated heterocycles. The van der Waals surface area contributed by atoms with E-state index in [2.05, 4.69) is 5.32 Å². The van der Waals surface area contributed by atoms with Crippen LogP contribution in [0.25, 0.3) is 0 Å². The van der Waals surface area contributed by atoms with Crippen LogP contribution in [-0.2, 0) is 11.2 Å². The second kappa shape index (κ2) is 5.85. The molecule has 1 aromatic rings. The average molecular weight is 325 g/mol. The maximum Gasteiger partial charge on any atom is 0.269 e. The minimum absolute atomic E-state index is 0.0946. The number of non-ortho nitro benzene ring substituents is 1. The molecule has 22 heavy (non-hydrogen) atoms. The molecule has 1 aliphatic carbocycles. The van der Waals surface area contributed by atoms with Crippen molar-refractivity contribution >= 4 is 22.7 Å². The number of nitro benzene ring substituents is 1. The Balaban J connectivity index is 1.80. The lowest BCUT2D eigenvalue weighted by Crippen LogP contribution is -2.50. The number of nitrogens with zero attached hydrogens (tertiary/aromatic N) is 1. The molecule has 0 radical (unpaired) electrons. The Morgan fingerprint density at radius 2 is 2.18 bits per heavy atom. The maximum atomic E-state index is 14.0. The van der Waals surface area contributed by atoms with Crippen LogP contribution >= 0.6 is 0 Å². The third-order valence-corrected chi connectivity index (χ3v) is 5.83. The van der Waals surface area contributed by atoms with Crippen LogP contribution in [0.1, 0.15) is 30.9 Å². The standard InChI is InChI=1S/C14H16FN3O3S/c15-11-4-3-9(18(19)20)6-10(11)12-7-22(21)13(14(16)17-12)5-8-1-2-8/h3-4,6,8,12-13H,1-2,5,7H2,(H2,16,17). The number of halogens is 1. The quantitative estimate of drug-likeness (QED) is 0.503. The van der Waals surface area contributed by atoms with Gasteiger partial charge in [0.1, 0.15) is 23.4 Å². The second-order valence-corrected chi connectivity index (χ2v) is 7.45. The molecule has 1 aromatic carbocycles. The van der Waals surface area contributed by atoms with E-state index in [4.69, 9.17) is 5.41 Å². The van der Waals surface area contributed by atoms with Gasteiger partial charge in [-0.05, 0) is 36.0 Å². The fourth-order valence-electron chi connectivity index (χ4n) is 2.69. The summed E-state index contributed by atoms with van der Waals surface area (Å²) in [6, 6.07) is 2.62. The summed E-state index contributed by atoms with van der Waals surface area (Å²) in [5.41, 5.74) is -0.118. The second-order valence-electron chi connectivity index (χ2n) is 5.79. The first-order chi connectivity index (χ1) is 10.5. The van der Waals surface area contributed by atoms with Gasteiger partial charge in [0.05, 0.1) is 4.92 Å². The molecular weight excluding hydrogens is 309 g/mol. The molecule has 118 valence electrons. The van der Waals surface area contributed by atoms with Gasteiger partial charge in [-0.3, -0.25) is 15.5 Å². The molecule has 1 aliphatic heterocycles. The third-order valence-electron chi connectivity index (χ3n) is 4.11. The van der Waals surface area contributed by atoms with Crippen molar-refractivity contribution in [2.45, 2.75) is 30.6 Å². The van der Waals surface area contributed by atoms with E-state index in [0.717, 1.165) is 37.5 Å². The SMILES string of the molecule is N=C1NC(c2cc([N+](=O)[O-])ccc2F)C[S+]([O-])C1CC1CC1. The molecule has 0 amide bonds. The van der Waals surface area contributed by atoms with Crippen LogP contribution < -0.4 is 5.32 Å². The van der Waals surface area contributed by atoms with Crippen LogP contribution in [0.2, 0.25) is 0 Å². The fraction of sp³-hybridized carbons (Fsp3) is 0.500. The molecule has 3 atom stereocenters. The summed E-state index contributed by atoms with van der Waals surface area (Å²) in [7, 11) is 0. The molecule has 2 N–H and O–H groups in total. The first-order valence-corrected chi connectivity index (χ1v) is 8.50. The summed E-state index contributed by atoms with van der Waals surface area (Å²) in [5.74, 6) is 0.265. The highest BCUT2D eigenvalue weighted by molar-refractivity contribution is 7.92. The number of hydrogen-bond donors (Lipinski definition) is 2. The van der Waals surface area contributed by atoms with E-state index in [1.54, 1.807) is 0 Å². The highest BCUT2D eigenvalue weighted by Crippen LogP contribution is 2.37. The zero-order chi connectivity index (χ0) is 15.9. The number of benzene rings is 1. The zero-order valence-electron chi connectivity index (χ0n) is 11.8. The molecule has 1 heterocycles. The Kier molecular flexibility index (Phi) is 4.05. The van der Waals surface area contributed by atoms with Crippen molar-refractivity contribution in [1.29, 1.82) is 5.41 Å². The van der Waals surface area contributed by atoms with Gasteiger partial charge in [-0.2, -0.15) is 0 Å². The summed E-state index contributed by atoms with van der Waals surface area (Å²) < 4.78 is 26.3. The van der Waals surface area contributed by atoms with Crippen molar-refractivity contribution in [3.8, 4) is 0 Å². The van der Waals surface area contributed by atoms with Gasteiger partial charge >= 0.3 is 0 Å². The maximum absolute atomic E-state index is 14.0. The molecule has 3 unspecified atom stereocenters. The lowest BCUT2D eigenvalue weighted by atomic mass is 10.1. The van der Waals surface area contributed by atoms with Gasteiger partial charge < -0.3 is 9.87 Å². The Bertz CT molecular complexity index is 623. The fourth-order valence-corrected chi connectivity index (χ4v) is 4.34. The lowest BCUT2D eigenvalue weighted by Gasteiger charge is -2.33. The molecular formula is C14H16FN3O3S. The Morgan fingerprint density at radius 1 is 1.45 bits per heavy atom. The van der Waals surface area contributed by atoms with Crippen LogP contribution in [0.5, 0.6) is 0 Å².